The van der Waals surface area contributed by atoms with Crippen LogP contribution in [0.3, 0.4) is 0 Å². The van der Waals surface area contributed by atoms with Crippen LogP contribution in [0.2, 0.25) is 10.0 Å². The van der Waals surface area contributed by atoms with Crippen LogP contribution in [0, 0.1) is 11.8 Å². The first-order chi connectivity index (χ1) is 15.8. The first-order valence-corrected chi connectivity index (χ1v) is 13.9. The van der Waals surface area contributed by atoms with Crippen LogP contribution in [0.4, 0.5) is 0 Å². The summed E-state index contributed by atoms with van der Waals surface area (Å²) < 4.78 is 27.7. The van der Waals surface area contributed by atoms with Crippen molar-refractivity contribution in [3.63, 3.8) is 0 Å². The maximum Gasteiger partial charge on any atom is 0.227 e. The van der Waals surface area contributed by atoms with Gasteiger partial charge in [0.05, 0.1) is 11.7 Å². The number of likely N-dealkylation sites (tertiary alicyclic amines) is 1. The van der Waals surface area contributed by atoms with Gasteiger partial charge in [-0.2, -0.15) is 0 Å². The van der Waals surface area contributed by atoms with E-state index in [4.69, 9.17) is 23.2 Å². The summed E-state index contributed by atoms with van der Waals surface area (Å²) in [6.07, 6.45) is 4.42. The third kappa shape index (κ3) is 6.10. The van der Waals surface area contributed by atoms with Gasteiger partial charge >= 0.3 is 0 Å². The van der Waals surface area contributed by atoms with Gasteiger partial charge in [0.2, 0.25) is 15.9 Å². The predicted octanol–water partition coefficient (Wildman–Crippen LogP) is 5.02. The number of hydrogen-bond donors (Lipinski definition) is 0. The number of hydrogen-bond acceptors (Lipinski definition) is 3. The van der Waals surface area contributed by atoms with E-state index < -0.39 is 10.0 Å². The van der Waals surface area contributed by atoms with E-state index in [1.54, 1.807) is 18.2 Å². The molecule has 2 heterocycles. The molecule has 2 aromatic carbocycles. The minimum absolute atomic E-state index is 0.0869. The molecule has 2 aromatic rings. The van der Waals surface area contributed by atoms with Gasteiger partial charge in [0.25, 0.3) is 0 Å². The number of nitrogens with zero attached hydrogens (tertiary/aromatic N) is 2. The topological polar surface area (TPSA) is 57.7 Å². The van der Waals surface area contributed by atoms with Crippen molar-refractivity contribution in [3.05, 3.63) is 69.7 Å². The van der Waals surface area contributed by atoms with Gasteiger partial charge in [0.15, 0.2) is 0 Å². The molecular weight excluding hydrogens is 479 g/mol. The molecule has 8 heteroatoms. The Morgan fingerprint density at radius 3 is 2.24 bits per heavy atom. The summed E-state index contributed by atoms with van der Waals surface area (Å²) >= 11 is 12.4. The maximum atomic E-state index is 13.2. The second-order valence-corrected chi connectivity index (χ2v) is 11.9. The molecular formula is C25H30Cl2N2O3S. The molecule has 1 amide bonds. The Morgan fingerprint density at radius 2 is 1.58 bits per heavy atom. The summed E-state index contributed by atoms with van der Waals surface area (Å²) in [5, 5.41) is 0.683. The largest absolute Gasteiger partial charge is 0.342 e. The molecule has 0 aromatic heterocycles. The van der Waals surface area contributed by atoms with Gasteiger partial charge in [-0.25, -0.2) is 12.7 Å². The van der Waals surface area contributed by atoms with E-state index in [0.717, 1.165) is 38.8 Å². The van der Waals surface area contributed by atoms with Gasteiger partial charge in [0, 0.05) is 41.8 Å². The van der Waals surface area contributed by atoms with E-state index in [9.17, 15) is 13.2 Å². The monoisotopic (exact) mass is 508 g/mol. The molecule has 0 N–H and O–H groups in total. The quantitative estimate of drug-likeness (QED) is 0.550. The van der Waals surface area contributed by atoms with E-state index in [-0.39, 0.29) is 24.1 Å². The third-order valence-corrected chi connectivity index (χ3v) is 9.29. The van der Waals surface area contributed by atoms with E-state index in [2.05, 4.69) is 24.3 Å². The SMILES string of the molecule is O=C([C@H]1CCCN(S(=O)(=O)Cc2c(Cl)cccc2Cl)C1)N1CCC(Cc2ccccc2)CC1. The first kappa shape index (κ1) is 24.5. The highest BCUT2D eigenvalue weighted by Gasteiger charge is 2.35. The summed E-state index contributed by atoms with van der Waals surface area (Å²) in [5.41, 5.74) is 1.75. The highest BCUT2D eigenvalue weighted by molar-refractivity contribution is 7.88. The summed E-state index contributed by atoms with van der Waals surface area (Å²) in [6, 6.07) is 15.5. The molecule has 0 aliphatic carbocycles. The van der Waals surface area contributed by atoms with Gasteiger partial charge in [0.1, 0.15) is 0 Å². The van der Waals surface area contributed by atoms with Crippen LogP contribution < -0.4 is 0 Å². The van der Waals surface area contributed by atoms with Crippen molar-refractivity contribution >= 4 is 39.1 Å². The molecule has 0 saturated carbocycles. The summed E-state index contributed by atoms with van der Waals surface area (Å²) in [7, 11) is -3.63. The van der Waals surface area contributed by atoms with Crippen LogP contribution >= 0.6 is 23.2 Å². The number of benzene rings is 2. The molecule has 4 rings (SSSR count). The van der Waals surface area contributed by atoms with E-state index in [1.807, 2.05) is 11.0 Å². The van der Waals surface area contributed by atoms with E-state index in [1.165, 1.54) is 9.87 Å². The highest BCUT2D eigenvalue weighted by atomic mass is 35.5. The van der Waals surface area contributed by atoms with Gasteiger partial charge < -0.3 is 4.90 Å². The van der Waals surface area contributed by atoms with Crippen LogP contribution in [-0.2, 0) is 27.0 Å². The molecule has 2 aliphatic heterocycles. The van der Waals surface area contributed by atoms with Crippen molar-refractivity contribution in [3.8, 4) is 0 Å². The fourth-order valence-corrected chi connectivity index (χ4v) is 7.27. The number of amides is 1. The van der Waals surface area contributed by atoms with Crippen molar-refractivity contribution in [2.75, 3.05) is 26.2 Å². The van der Waals surface area contributed by atoms with Crippen molar-refractivity contribution in [2.45, 2.75) is 37.9 Å². The summed E-state index contributed by atoms with van der Waals surface area (Å²) in [4.78, 5) is 15.2. The van der Waals surface area contributed by atoms with Crippen LogP contribution in [0.25, 0.3) is 0 Å². The van der Waals surface area contributed by atoms with Crippen molar-refractivity contribution in [1.82, 2.24) is 9.21 Å². The van der Waals surface area contributed by atoms with Gasteiger partial charge in [-0.05, 0) is 55.7 Å². The van der Waals surface area contributed by atoms with Crippen LogP contribution in [0.1, 0.15) is 36.8 Å². The molecule has 178 valence electrons. The molecule has 0 spiro atoms. The maximum absolute atomic E-state index is 13.2. The average molecular weight is 509 g/mol. The standard InChI is InChI=1S/C25H30Cl2N2O3S/c26-23-9-4-10-24(27)22(23)18-33(31,32)29-13-5-8-21(17-29)25(30)28-14-11-20(12-15-28)16-19-6-2-1-3-7-19/h1-4,6-7,9-10,20-21H,5,8,11-18H2/t21-/m0/s1. The van der Waals surface area contributed by atoms with Gasteiger partial charge in [-0.3, -0.25) is 4.79 Å². The minimum atomic E-state index is -3.63. The molecule has 33 heavy (non-hydrogen) atoms. The normalized spacial score (nSPS) is 20.7. The Balaban J connectivity index is 1.34. The first-order valence-electron chi connectivity index (χ1n) is 11.6. The molecule has 2 saturated heterocycles. The minimum Gasteiger partial charge on any atom is -0.342 e. The molecule has 0 bridgehead atoms. The summed E-state index contributed by atoms with van der Waals surface area (Å²) in [5.74, 6) is 0.127. The lowest BCUT2D eigenvalue weighted by atomic mass is 9.89. The fraction of sp³-hybridized carbons (Fsp3) is 0.480. The Hall–Kier alpha value is -1.60. The van der Waals surface area contributed by atoms with Crippen LogP contribution in [0.15, 0.2) is 48.5 Å². The summed E-state index contributed by atoms with van der Waals surface area (Å²) in [6.45, 7) is 2.14. The fourth-order valence-electron chi connectivity index (χ4n) is 4.90. The lowest BCUT2D eigenvalue weighted by Crippen LogP contribution is -2.48. The van der Waals surface area contributed by atoms with Crippen LogP contribution in [0.5, 0.6) is 0 Å². The van der Waals surface area contributed by atoms with Gasteiger partial charge in [-0.15, -0.1) is 0 Å². The zero-order valence-corrected chi connectivity index (χ0v) is 21.0. The highest BCUT2D eigenvalue weighted by Crippen LogP contribution is 2.30. The Labute approximate surface area is 206 Å². The number of halogens is 2. The number of piperidine rings is 2. The Bertz CT molecular complexity index is 1050. The van der Waals surface area contributed by atoms with E-state index in [0.29, 0.717) is 34.5 Å². The molecule has 0 radical (unpaired) electrons. The molecule has 2 aliphatic rings. The zero-order chi connectivity index (χ0) is 23.4. The molecule has 2 fully saturated rings. The van der Waals surface area contributed by atoms with Crippen molar-refractivity contribution < 1.29 is 13.2 Å². The second kappa shape index (κ2) is 10.8. The lowest BCUT2D eigenvalue weighted by molar-refractivity contribution is -0.138. The predicted molar refractivity (Wildman–Crippen MR) is 133 cm³/mol. The van der Waals surface area contributed by atoms with Crippen molar-refractivity contribution in [2.24, 2.45) is 11.8 Å². The molecule has 1 atom stereocenters. The third-order valence-electron chi connectivity index (χ3n) is 6.81. The molecule has 5 nitrogen and oxygen atoms in total. The lowest BCUT2D eigenvalue weighted by Gasteiger charge is -2.37. The Kier molecular flexibility index (Phi) is 8.00. The van der Waals surface area contributed by atoms with Crippen molar-refractivity contribution in [1.29, 1.82) is 0 Å². The van der Waals surface area contributed by atoms with E-state index >= 15 is 0 Å². The van der Waals surface area contributed by atoms with Crippen LogP contribution in [-0.4, -0.2) is 49.7 Å². The zero-order valence-electron chi connectivity index (χ0n) is 18.6. The smallest absolute Gasteiger partial charge is 0.227 e. The average Bonchev–Trinajstić information content (AvgIpc) is 2.82. The number of sulfonamides is 1. The Morgan fingerprint density at radius 1 is 0.909 bits per heavy atom. The molecule has 0 unspecified atom stereocenters. The van der Waals surface area contributed by atoms with Gasteiger partial charge in [-0.1, -0.05) is 59.6 Å². The number of carbonyl (C=O) groups is 1. The number of carbonyl (C=O) groups excluding carboxylic acids is 1. The second-order valence-electron chi connectivity index (χ2n) is 9.11. The number of rotatable bonds is 6.